The Kier molecular flexibility index (Phi) is 12.2. The van der Waals surface area contributed by atoms with Gasteiger partial charge >= 0.3 is 23.9 Å². The van der Waals surface area contributed by atoms with Crippen molar-refractivity contribution in [3.8, 4) is 0 Å². The van der Waals surface area contributed by atoms with Crippen LogP contribution in [0.25, 0.3) is 0 Å². The van der Waals surface area contributed by atoms with E-state index < -0.39 is 106 Å². The van der Waals surface area contributed by atoms with Crippen molar-refractivity contribution in [1.82, 2.24) is 5.32 Å². The first-order chi connectivity index (χ1) is 30.8. The molecule has 1 unspecified atom stereocenters. The highest BCUT2D eigenvalue weighted by Crippen LogP contribution is 2.66. The Morgan fingerprint density at radius 3 is 2.00 bits per heavy atom. The normalized spacial score (nSPS) is 32.3. The van der Waals surface area contributed by atoms with Crippen molar-refractivity contribution in [3.63, 3.8) is 0 Å². The van der Waals surface area contributed by atoms with Crippen LogP contribution in [0, 0.1) is 34.5 Å². The second-order valence-electron chi connectivity index (χ2n) is 19.5. The van der Waals surface area contributed by atoms with Gasteiger partial charge in [0.1, 0.15) is 23.9 Å². The summed E-state index contributed by atoms with van der Waals surface area (Å²) in [6.45, 7) is 11.4. The van der Waals surface area contributed by atoms with Crippen LogP contribution in [-0.4, -0.2) is 82.9 Å². The number of carbonyl (C=O) groups is 6. The van der Waals surface area contributed by atoms with E-state index in [1.165, 1.54) is 6.92 Å². The van der Waals surface area contributed by atoms with Crippen LogP contribution in [0.5, 0.6) is 0 Å². The molecule has 2 bridgehead atoms. The topological polar surface area (TPSA) is 181 Å². The number of benzene rings is 3. The summed E-state index contributed by atoms with van der Waals surface area (Å²) in [4.78, 5) is 86.0. The molecule has 0 spiro atoms. The van der Waals surface area contributed by atoms with E-state index in [1.807, 2.05) is 13.0 Å². The average molecular weight is 890 g/mol. The fourth-order valence-corrected chi connectivity index (χ4v) is 11.3. The number of ketones is 1. The van der Waals surface area contributed by atoms with E-state index in [9.17, 15) is 29.1 Å². The van der Waals surface area contributed by atoms with Gasteiger partial charge < -0.3 is 34.1 Å². The van der Waals surface area contributed by atoms with Crippen LogP contribution < -0.4 is 5.32 Å². The maximum absolute atomic E-state index is 15.9. The molecule has 0 aromatic heterocycles. The van der Waals surface area contributed by atoms with Crippen molar-refractivity contribution >= 4 is 35.6 Å². The molecule has 13 heteroatoms. The summed E-state index contributed by atoms with van der Waals surface area (Å²) in [7, 11) is 0. The predicted molar refractivity (Wildman–Crippen MR) is 236 cm³/mol. The van der Waals surface area contributed by atoms with Crippen molar-refractivity contribution in [2.24, 2.45) is 34.5 Å². The Morgan fingerprint density at radius 1 is 0.846 bits per heavy atom. The maximum atomic E-state index is 15.9. The fourth-order valence-electron chi connectivity index (χ4n) is 11.3. The monoisotopic (exact) mass is 889 g/mol. The molecule has 344 valence electrons. The standard InChI is InChI=1S/C52H59NO12/c1-29-26-38-51(28-61-38,65-48(59)36-24-17-25-36)42-44(64-47(58)35-22-15-10-16-23-35)52(60)27-37(30(2)39(49(52,5)6)41(62-32(4)54)43(55)50(29,42)7)63-46(57)31(3)40(33-18-11-8-12-19-33)53-45(56)34-20-13-9-14-21-34/h8-16,18-23,29,31,36-38,40-42,44,60H,17,24-28H2,1-7H3,(H,53,56)/t29-,31+,37-,38+,40+,41+,42?,44-,50+,51-,52+/m0/s1. The lowest BCUT2D eigenvalue weighted by Gasteiger charge is -2.68. The number of Topliss-reactive ketones (excluding diaryl/α,β-unsaturated/α-hetero) is 1. The molecule has 3 saturated carbocycles. The summed E-state index contributed by atoms with van der Waals surface area (Å²) in [5.41, 5.74) is -5.04. The first kappa shape index (κ1) is 45.9. The molecule has 4 fully saturated rings. The number of hydrogen-bond acceptors (Lipinski definition) is 12. The number of nitrogens with one attached hydrogen (secondary N) is 1. The summed E-state index contributed by atoms with van der Waals surface area (Å²) in [5.74, 6) is -6.83. The lowest BCUT2D eigenvalue weighted by atomic mass is 9.43. The van der Waals surface area contributed by atoms with Gasteiger partial charge in [0, 0.05) is 29.7 Å². The highest BCUT2D eigenvalue weighted by atomic mass is 16.6. The Hall–Kier alpha value is -5.66. The van der Waals surface area contributed by atoms with Crippen LogP contribution in [0.4, 0.5) is 0 Å². The van der Waals surface area contributed by atoms with Crippen LogP contribution in [0.3, 0.4) is 0 Å². The Morgan fingerprint density at radius 2 is 1.45 bits per heavy atom. The van der Waals surface area contributed by atoms with Crippen molar-refractivity contribution in [3.05, 3.63) is 119 Å². The molecule has 4 aliphatic carbocycles. The van der Waals surface area contributed by atoms with Crippen LogP contribution in [-0.2, 0) is 42.9 Å². The zero-order valence-corrected chi connectivity index (χ0v) is 38.0. The highest BCUT2D eigenvalue weighted by Gasteiger charge is 2.78. The maximum Gasteiger partial charge on any atom is 0.338 e. The van der Waals surface area contributed by atoms with Crippen molar-refractivity contribution in [1.29, 1.82) is 0 Å². The van der Waals surface area contributed by atoms with E-state index in [0.29, 0.717) is 29.5 Å². The SMILES string of the molecule is CC(=O)O[C@H]1C(=O)[C@@]2(C)C([C@H](OC(=O)c3ccccc3)[C@]3(O)C[C@H](OC(=O)[C@H](C)[C@@H](NC(=O)c4ccccc4)c4ccccc4)C(C)=C1C3(C)C)[C@]1(OC(=O)C3CCC3)CO[C@@H]1C[C@@H]2C. The molecule has 2 N–H and O–H groups in total. The van der Waals surface area contributed by atoms with E-state index in [0.717, 1.165) is 6.42 Å². The van der Waals surface area contributed by atoms with Crippen LogP contribution in [0.1, 0.15) is 113 Å². The van der Waals surface area contributed by atoms with E-state index >= 15 is 4.79 Å². The van der Waals surface area contributed by atoms with Gasteiger partial charge in [-0.2, -0.15) is 0 Å². The van der Waals surface area contributed by atoms with Crippen LogP contribution in [0.15, 0.2) is 102 Å². The quantitative estimate of drug-likeness (QED) is 0.114. The third-order valence-electron chi connectivity index (χ3n) is 15.7. The average Bonchev–Trinajstić information content (AvgIpc) is 3.26. The molecular weight excluding hydrogens is 831 g/mol. The molecule has 1 saturated heterocycles. The first-order valence-electron chi connectivity index (χ1n) is 22.7. The van der Waals surface area contributed by atoms with Gasteiger partial charge in [0.2, 0.25) is 0 Å². The first-order valence-corrected chi connectivity index (χ1v) is 22.7. The van der Waals surface area contributed by atoms with Crippen molar-refractivity contribution < 1.29 is 57.6 Å². The summed E-state index contributed by atoms with van der Waals surface area (Å²) in [6, 6.07) is 25.0. The molecule has 1 heterocycles. The molecule has 65 heavy (non-hydrogen) atoms. The summed E-state index contributed by atoms with van der Waals surface area (Å²) in [5, 5.41) is 17.0. The number of aliphatic hydroxyl groups is 1. The Labute approximate surface area is 379 Å². The number of ether oxygens (including phenoxy) is 5. The van der Waals surface area contributed by atoms with E-state index in [1.54, 1.807) is 120 Å². The zero-order chi connectivity index (χ0) is 46.6. The number of fused-ring (bicyclic) bond motifs is 5. The molecule has 1 amide bonds. The molecule has 3 aromatic carbocycles. The van der Waals surface area contributed by atoms with Crippen molar-refractivity contribution in [2.45, 2.75) is 122 Å². The largest absolute Gasteiger partial charge is 0.457 e. The third-order valence-corrected chi connectivity index (χ3v) is 15.7. The van der Waals surface area contributed by atoms with Gasteiger partial charge in [-0.05, 0) is 80.0 Å². The fraction of sp³-hybridized carbons (Fsp3) is 0.500. The smallest absolute Gasteiger partial charge is 0.338 e. The third kappa shape index (κ3) is 7.67. The number of rotatable bonds is 11. The molecule has 3 aromatic rings. The minimum Gasteiger partial charge on any atom is -0.457 e. The summed E-state index contributed by atoms with van der Waals surface area (Å²) in [6.07, 6.45) is -3.10. The molecule has 5 aliphatic rings. The molecule has 11 atom stereocenters. The van der Waals surface area contributed by atoms with Crippen LogP contribution in [0.2, 0.25) is 0 Å². The van der Waals surface area contributed by atoms with Gasteiger partial charge in [-0.3, -0.25) is 24.0 Å². The summed E-state index contributed by atoms with van der Waals surface area (Å²) < 4.78 is 32.0. The minimum atomic E-state index is -2.20. The number of amides is 1. The molecular formula is C52H59NO12. The van der Waals surface area contributed by atoms with Gasteiger partial charge in [0.15, 0.2) is 17.5 Å². The van der Waals surface area contributed by atoms with Crippen molar-refractivity contribution in [2.75, 3.05) is 6.61 Å². The Balaban J connectivity index is 1.27. The highest BCUT2D eigenvalue weighted by molar-refractivity contribution is 5.96. The number of carbonyl (C=O) groups excluding carboxylic acids is 6. The molecule has 8 rings (SSSR count). The van der Waals surface area contributed by atoms with E-state index in [4.69, 9.17) is 23.7 Å². The molecule has 1 aliphatic heterocycles. The van der Waals surface area contributed by atoms with E-state index in [2.05, 4.69) is 5.32 Å². The lowest BCUT2D eigenvalue weighted by Crippen LogP contribution is -2.81. The Bertz CT molecular complexity index is 2380. The van der Waals surface area contributed by atoms with Gasteiger partial charge in [-0.1, -0.05) is 101 Å². The molecule has 0 radical (unpaired) electrons. The summed E-state index contributed by atoms with van der Waals surface area (Å²) >= 11 is 0. The second-order valence-corrected chi connectivity index (χ2v) is 19.5. The number of esters is 4. The van der Waals surface area contributed by atoms with Gasteiger partial charge in [-0.25, -0.2) is 4.79 Å². The van der Waals surface area contributed by atoms with Gasteiger partial charge in [0.25, 0.3) is 5.91 Å². The van der Waals surface area contributed by atoms with Gasteiger partial charge in [0.05, 0.1) is 36.0 Å². The predicted octanol–water partition coefficient (Wildman–Crippen LogP) is 7.07. The molecule has 13 nitrogen and oxygen atoms in total. The second kappa shape index (κ2) is 17.3. The van der Waals surface area contributed by atoms with Crippen LogP contribution >= 0.6 is 0 Å². The number of hydrogen-bond donors (Lipinski definition) is 2. The van der Waals surface area contributed by atoms with E-state index in [-0.39, 0.29) is 36.5 Å². The minimum absolute atomic E-state index is 0.141. The zero-order valence-electron chi connectivity index (χ0n) is 38.0. The van der Waals surface area contributed by atoms with Gasteiger partial charge in [-0.15, -0.1) is 0 Å². The lowest BCUT2D eigenvalue weighted by molar-refractivity contribution is -0.342.